The number of benzene rings is 1. The molecule has 2 N–H and O–H groups in total. The Morgan fingerprint density at radius 1 is 1.39 bits per heavy atom. The van der Waals surface area contributed by atoms with Crippen LogP contribution in [0.25, 0.3) is 10.9 Å². The Kier molecular flexibility index (Phi) is 4.43. The zero-order valence-electron chi connectivity index (χ0n) is 13.1. The number of fused-ring (bicyclic) bond motifs is 1. The summed E-state index contributed by atoms with van der Waals surface area (Å²) in [5, 5.41) is 3.83. The average Bonchev–Trinajstić information content (AvgIpc) is 3.04. The van der Waals surface area contributed by atoms with E-state index in [4.69, 9.17) is 0 Å². The predicted octanol–water partition coefficient (Wildman–Crippen LogP) is 1.88. The third kappa shape index (κ3) is 3.12. The minimum Gasteiger partial charge on any atom is -0.334 e. The van der Waals surface area contributed by atoms with E-state index >= 15 is 0 Å². The lowest BCUT2D eigenvalue weighted by atomic mass is 10.1. The van der Waals surface area contributed by atoms with Gasteiger partial charge in [-0.3, -0.25) is 9.59 Å². The minimum absolute atomic E-state index is 0.136. The summed E-state index contributed by atoms with van der Waals surface area (Å²) in [7, 11) is 0. The fourth-order valence-corrected chi connectivity index (χ4v) is 3.16. The number of aromatic nitrogens is 1. The monoisotopic (exact) mass is 317 g/mol. The van der Waals surface area contributed by atoms with Crippen molar-refractivity contribution < 1.29 is 9.18 Å². The zero-order valence-corrected chi connectivity index (χ0v) is 13.1. The molecule has 2 aromatic rings. The van der Waals surface area contributed by atoms with Crippen molar-refractivity contribution in [1.82, 2.24) is 15.2 Å². The van der Waals surface area contributed by atoms with Gasteiger partial charge in [0.05, 0.1) is 11.1 Å². The number of carbonyl (C=O) groups is 1. The van der Waals surface area contributed by atoms with Gasteiger partial charge in [-0.1, -0.05) is 6.92 Å². The summed E-state index contributed by atoms with van der Waals surface area (Å²) in [6, 6.07) is 5.55. The van der Waals surface area contributed by atoms with Crippen molar-refractivity contribution in [3.8, 4) is 0 Å². The van der Waals surface area contributed by atoms with Crippen molar-refractivity contribution in [2.75, 3.05) is 19.6 Å². The van der Waals surface area contributed by atoms with Crippen LogP contribution < -0.4 is 10.9 Å². The van der Waals surface area contributed by atoms with Crippen LogP contribution in [0.1, 0.15) is 30.1 Å². The van der Waals surface area contributed by atoms with Crippen molar-refractivity contribution in [2.24, 2.45) is 0 Å². The molecule has 1 fully saturated rings. The molecule has 5 nitrogen and oxygen atoms in total. The Bertz CT molecular complexity index is 781. The summed E-state index contributed by atoms with van der Waals surface area (Å²) in [6.45, 7) is 4.32. The topological polar surface area (TPSA) is 65.2 Å². The number of hydrogen-bond acceptors (Lipinski definition) is 3. The number of halogens is 1. The first-order valence-corrected chi connectivity index (χ1v) is 7.94. The minimum atomic E-state index is -0.442. The standard InChI is InChI=1S/C17H20FN3O2/c1-2-7-21(12-5-6-19-10-12)17(23)14-9-16(22)20-15-8-11(18)3-4-13(14)15/h3-4,8-9,12,19H,2,5-7,10H2,1H3,(H,20,22). The van der Waals surface area contributed by atoms with Crippen LogP contribution in [-0.2, 0) is 0 Å². The number of nitrogens with one attached hydrogen (secondary N) is 2. The summed E-state index contributed by atoms with van der Waals surface area (Å²) in [5.41, 5.74) is 0.290. The number of amides is 1. The van der Waals surface area contributed by atoms with E-state index in [1.807, 2.05) is 11.8 Å². The largest absolute Gasteiger partial charge is 0.334 e. The highest BCUT2D eigenvalue weighted by atomic mass is 19.1. The quantitative estimate of drug-likeness (QED) is 0.905. The van der Waals surface area contributed by atoms with Gasteiger partial charge in [0.2, 0.25) is 5.56 Å². The van der Waals surface area contributed by atoms with E-state index in [9.17, 15) is 14.0 Å². The summed E-state index contributed by atoms with van der Waals surface area (Å²) in [6.07, 6.45) is 1.75. The Labute approximate surface area is 133 Å². The lowest BCUT2D eigenvalue weighted by Crippen LogP contribution is -2.42. The normalized spacial score (nSPS) is 17.6. The molecule has 0 spiro atoms. The fourth-order valence-electron chi connectivity index (χ4n) is 3.16. The SMILES string of the molecule is CCCN(C(=O)c1cc(=O)[nH]c2cc(F)ccc12)C1CCNC1. The van der Waals surface area contributed by atoms with Gasteiger partial charge in [0, 0.05) is 30.6 Å². The van der Waals surface area contributed by atoms with Crippen LogP contribution in [0.15, 0.2) is 29.1 Å². The van der Waals surface area contributed by atoms with Crippen LogP contribution in [-0.4, -0.2) is 41.5 Å². The van der Waals surface area contributed by atoms with Crippen molar-refractivity contribution in [2.45, 2.75) is 25.8 Å². The zero-order chi connectivity index (χ0) is 16.4. The smallest absolute Gasteiger partial charge is 0.255 e. The Hall–Kier alpha value is -2.21. The molecular formula is C17H20FN3O2. The second kappa shape index (κ2) is 6.50. The van der Waals surface area contributed by atoms with Gasteiger partial charge in [-0.2, -0.15) is 0 Å². The molecule has 0 saturated carbocycles. The van der Waals surface area contributed by atoms with Crippen molar-refractivity contribution in [3.05, 3.63) is 46.0 Å². The lowest BCUT2D eigenvalue weighted by molar-refractivity contribution is 0.0694. The summed E-state index contributed by atoms with van der Waals surface area (Å²) >= 11 is 0. The maximum atomic E-state index is 13.4. The van der Waals surface area contributed by atoms with E-state index in [-0.39, 0.29) is 11.9 Å². The average molecular weight is 317 g/mol. The van der Waals surface area contributed by atoms with Gasteiger partial charge in [-0.25, -0.2) is 4.39 Å². The molecule has 0 bridgehead atoms. The van der Waals surface area contributed by atoms with E-state index < -0.39 is 11.4 Å². The molecule has 1 aromatic carbocycles. The molecule has 122 valence electrons. The van der Waals surface area contributed by atoms with Crippen molar-refractivity contribution >= 4 is 16.8 Å². The number of aromatic amines is 1. The molecular weight excluding hydrogens is 297 g/mol. The fraction of sp³-hybridized carbons (Fsp3) is 0.412. The van der Waals surface area contributed by atoms with Gasteiger partial charge in [-0.15, -0.1) is 0 Å². The molecule has 1 atom stereocenters. The van der Waals surface area contributed by atoms with Crippen LogP contribution in [0, 0.1) is 5.82 Å². The van der Waals surface area contributed by atoms with Crippen LogP contribution in [0.4, 0.5) is 4.39 Å². The molecule has 1 aliphatic heterocycles. The highest BCUT2D eigenvalue weighted by Crippen LogP contribution is 2.20. The van der Waals surface area contributed by atoms with Gasteiger partial charge < -0.3 is 15.2 Å². The molecule has 1 aliphatic rings. The third-order valence-corrected chi connectivity index (χ3v) is 4.24. The molecule has 2 heterocycles. The van der Waals surface area contributed by atoms with Gasteiger partial charge in [-0.05, 0) is 37.6 Å². The highest BCUT2D eigenvalue weighted by Gasteiger charge is 2.27. The number of nitrogens with zero attached hydrogens (tertiary/aromatic N) is 1. The van der Waals surface area contributed by atoms with E-state index in [1.165, 1.54) is 18.2 Å². The molecule has 1 aromatic heterocycles. The first-order valence-electron chi connectivity index (χ1n) is 7.94. The molecule has 23 heavy (non-hydrogen) atoms. The van der Waals surface area contributed by atoms with E-state index in [0.29, 0.717) is 23.0 Å². The van der Waals surface area contributed by atoms with E-state index in [0.717, 1.165) is 25.9 Å². The number of rotatable bonds is 4. The summed E-state index contributed by atoms with van der Waals surface area (Å²) in [5.74, 6) is -0.605. The molecule has 3 rings (SSSR count). The maximum absolute atomic E-state index is 13.4. The molecule has 1 unspecified atom stereocenters. The van der Waals surface area contributed by atoms with Gasteiger partial charge in [0.15, 0.2) is 0 Å². The first-order chi connectivity index (χ1) is 11.1. The summed E-state index contributed by atoms with van der Waals surface area (Å²) in [4.78, 5) is 29.3. The lowest BCUT2D eigenvalue weighted by Gasteiger charge is -2.28. The Morgan fingerprint density at radius 3 is 2.91 bits per heavy atom. The molecule has 1 amide bonds. The number of H-pyrrole nitrogens is 1. The van der Waals surface area contributed by atoms with Gasteiger partial charge in [0.1, 0.15) is 5.82 Å². The first kappa shape index (κ1) is 15.7. The van der Waals surface area contributed by atoms with Crippen LogP contribution in [0.3, 0.4) is 0 Å². The van der Waals surface area contributed by atoms with Crippen molar-refractivity contribution in [1.29, 1.82) is 0 Å². The highest BCUT2D eigenvalue weighted by molar-refractivity contribution is 6.06. The maximum Gasteiger partial charge on any atom is 0.255 e. The molecule has 0 radical (unpaired) electrons. The summed E-state index contributed by atoms with van der Waals surface area (Å²) < 4.78 is 13.4. The van der Waals surface area contributed by atoms with Crippen LogP contribution in [0.2, 0.25) is 0 Å². The van der Waals surface area contributed by atoms with Gasteiger partial charge in [0.25, 0.3) is 5.91 Å². The molecule has 0 aliphatic carbocycles. The molecule has 6 heteroatoms. The van der Waals surface area contributed by atoms with E-state index in [2.05, 4.69) is 10.3 Å². The second-order valence-corrected chi connectivity index (χ2v) is 5.88. The van der Waals surface area contributed by atoms with Crippen LogP contribution >= 0.6 is 0 Å². The van der Waals surface area contributed by atoms with Gasteiger partial charge >= 0.3 is 0 Å². The van der Waals surface area contributed by atoms with E-state index in [1.54, 1.807) is 6.07 Å². The Morgan fingerprint density at radius 2 is 2.22 bits per heavy atom. The Balaban J connectivity index is 2.06. The molecule has 1 saturated heterocycles. The number of hydrogen-bond donors (Lipinski definition) is 2. The second-order valence-electron chi connectivity index (χ2n) is 5.88. The third-order valence-electron chi connectivity index (χ3n) is 4.24. The van der Waals surface area contributed by atoms with Crippen LogP contribution in [0.5, 0.6) is 0 Å². The number of pyridine rings is 1. The predicted molar refractivity (Wildman–Crippen MR) is 87.1 cm³/mol. The number of carbonyl (C=O) groups excluding carboxylic acids is 1. The van der Waals surface area contributed by atoms with Crippen molar-refractivity contribution in [3.63, 3.8) is 0 Å².